The first-order valence-corrected chi connectivity index (χ1v) is 16.1. The van der Waals surface area contributed by atoms with Gasteiger partial charge in [-0.3, -0.25) is 4.98 Å². The van der Waals surface area contributed by atoms with Crippen LogP contribution in [0.5, 0.6) is 0 Å². The van der Waals surface area contributed by atoms with Gasteiger partial charge in [-0.1, -0.05) is 135 Å². The molecule has 0 bridgehead atoms. The number of hydrogen-bond acceptors (Lipinski definition) is 3. The van der Waals surface area contributed by atoms with Gasteiger partial charge in [0.15, 0.2) is 5.82 Å². The smallest absolute Gasteiger partial charge is 0.160 e. The third-order valence-electron chi connectivity index (χ3n) is 9.77. The van der Waals surface area contributed by atoms with Gasteiger partial charge in [-0.15, -0.1) is 0 Å². The van der Waals surface area contributed by atoms with Gasteiger partial charge < -0.3 is 0 Å². The van der Waals surface area contributed by atoms with E-state index in [2.05, 4.69) is 128 Å². The molecule has 2 aromatic heterocycles. The van der Waals surface area contributed by atoms with Gasteiger partial charge in [-0.2, -0.15) is 0 Å². The van der Waals surface area contributed by atoms with E-state index in [1.807, 2.05) is 36.5 Å². The molecule has 1 aliphatic rings. The predicted molar refractivity (Wildman–Crippen MR) is 194 cm³/mol. The van der Waals surface area contributed by atoms with E-state index < -0.39 is 0 Å². The van der Waals surface area contributed by atoms with Crippen LogP contribution in [0.25, 0.3) is 77.7 Å². The Labute approximate surface area is 274 Å². The molecule has 0 saturated heterocycles. The van der Waals surface area contributed by atoms with E-state index in [9.17, 15) is 0 Å². The minimum atomic E-state index is -0.116. The molecule has 0 aliphatic heterocycles. The third kappa shape index (κ3) is 4.31. The first-order chi connectivity index (χ1) is 23.1. The molecule has 0 unspecified atom stereocenters. The Morgan fingerprint density at radius 3 is 1.98 bits per heavy atom. The first-order valence-electron chi connectivity index (χ1n) is 16.1. The fraction of sp³-hybridized carbons (Fsp3) is 0.0682. The summed E-state index contributed by atoms with van der Waals surface area (Å²) in [5, 5.41) is 4.98. The number of pyridine rings is 1. The molecule has 0 fully saturated rings. The van der Waals surface area contributed by atoms with Crippen molar-refractivity contribution in [2.24, 2.45) is 0 Å². The number of aromatic nitrogens is 3. The van der Waals surface area contributed by atoms with Crippen LogP contribution in [0.1, 0.15) is 25.0 Å². The summed E-state index contributed by atoms with van der Waals surface area (Å²) in [4.78, 5) is 14.5. The minimum Gasteiger partial charge on any atom is -0.264 e. The van der Waals surface area contributed by atoms with Crippen molar-refractivity contribution < 1.29 is 0 Å². The molecule has 0 radical (unpaired) electrons. The molecule has 6 aromatic carbocycles. The zero-order chi connectivity index (χ0) is 31.5. The Hall–Kier alpha value is -5.93. The molecular weight excluding hydrogens is 571 g/mol. The van der Waals surface area contributed by atoms with Crippen LogP contribution in [0.2, 0.25) is 0 Å². The molecule has 3 nitrogen and oxygen atoms in total. The average molecular weight is 602 g/mol. The van der Waals surface area contributed by atoms with Gasteiger partial charge >= 0.3 is 0 Å². The zero-order valence-corrected chi connectivity index (χ0v) is 26.3. The molecular formula is C44H31N3. The van der Waals surface area contributed by atoms with Crippen molar-refractivity contribution >= 4 is 21.5 Å². The van der Waals surface area contributed by atoms with Gasteiger partial charge in [0.05, 0.1) is 11.4 Å². The number of nitrogens with zero attached hydrogens (tertiary/aromatic N) is 3. The van der Waals surface area contributed by atoms with Crippen molar-refractivity contribution in [3.05, 3.63) is 163 Å². The van der Waals surface area contributed by atoms with Gasteiger partial charge in [-0.05, 0) is 73.1 Å². The van der Waals surface area contributed by atoms with Crippen LogP contribution in [0.4, 0.5) is 0 Å². The molecule has 9 rings (SSSR count). The summed E-state index contributed by atoms with van der Waals surface area (Å²) >= 11 is 0. The Bertz CT molecular complexity index is 2420. The van der Waals surface area contributed by atoms with E-state index in [4.69, 9.17) is 9.97 Å². The lowest BCUT2D eigenvalue weighted by Crippen LogP contribution is -2.15. The van der Waals surface area contributed by atoms with E-state index in [-0.39, 0.29) is 5.41 Å². The fourth-order valence-electron chi connectivity index (χ4n) is 7.60. The molecule has 0 atom stereocenters. The fourth-order valence-corrected chi connectivity index (χ4v) is 7.60. The highest BCUT2D eigenvalue weighted by Crippen LogP contribution is 2.55. The second-order valence-electron chi connectivity index (χ2n) is 12.8. The lowest BCUT2D eigenvalue weighted by Gasteiger charge is -2.23. The molecule has 47 heavy (non-hydrogen) atoms. The van der Waals surface area contributed by atoms with E-state index in [0.717, 1.165) is 33.5 Å². The van der Waals surface area contributed by atoms with Crippen LogP contribution in [-0.4, -0.2) is 15.0 Å². The van der Waals surface area contributed by atoms with Crippen molar-refractivity contribution in [2.45, 2.75) is 19.3 Å². The van der Waals surface area contributed by atoms with Gasteiger partial charge in [0, 0.05) is 34.5 Å². The minimum absolute atomic E-state index is 0.116. The summed E-state index contributed by atoms with van der Waals surface area (Å²) in [5.74, 6) is 0.696. The molecule has 222 valence electrons. The maximum atomic E-state index is 5.16. The van der Waals surface area contributed by atoms with Crippen molar-refractivity contribution in [2.75, 3.05) is 0 Å². The second kappa shape index (κ2) is 10.6. The van der Waals surface area contributed by atoms with E-state index >= 15 is 0 Å². The molecule has 3 heteroatoms. The number of benzene rings is 6. The number of rotatable bonds is 4. The van der Waals surface area contributed by atoms with Crippen LogP contribution in [0.15, 0.2) is 152 Å². The normalized spacial score (nSPS) is 13.1. The highest BCUT2D eigenvalue weighted by atomic mass is 14.9. The van der Waals surface area contributed by atoms with Crippen LogP contribution < -0.4 is 0 Å². The van der Waals surface area contributed by atoms with Crippen molar-refractivity contribution in [1.82, 2.24) is 15.0 Å². The van der Waals surface area contributed by atoms with Crippen LogP contribution in [0.3, 0.4) is 0 Å². The van der Waals surface area contributed by atoms with Crippen LogP contribution in [-0.2, 0) is 5.41 Å². The lowest BCUT2D eigenvalue weighted by atomic mass is 9.80. The Kier molecular flexibility index (Phi) is 6.16. The van der Waals surface area contributed by atoms with Crippen molar-refractivity contribution in [1.29, 1.82) is 0 Å². The summed E-state index contributed by atoms with van der Waals surface area (Å²) in [6.07, 6.45) is 3.65. The van der Waals surface area contributed by atoms with Gasteiger partial charge in [0.25, 0.3) is 0 Å². The number of fused-ring (bicyclic) bond motifs is 6. The van der Waals surface area contributed by atoms with Crippen molar-refractivity contribution in [3.8, 4) is 56.2 Å². The average Bonchev–Trinajstić information content (AvgIpc) is 3.38. The maximum Gasteiger partial charge on any atom is 0.160 e. The highest BCUT2D eigenvalue weighted by molar-refractivity contribution is 6.09. The van der Waals surface area contributed by atoms with Gasteiger partial charge in [0.1, 0.15) is 0 Å². The monoisotopic (exact) mass is 601 g/mol. The van der Waals surface area contributed by atoms with Gasteiger partial charge in [0.2, 0.25) is 0 Å². The van der Waals surface area contributed by atoms with E-state index in [0.29, 0.717) is 5.82 Å². The predicted octanol–water partition coefficient (Wildman–Crippen LogP) is 11.2. The summed E-state index contributed by atoms with van der Waals surface area (Å²) in [6.45, 7) is 4.74. The first kappa shape index (κ1) is 27.4. The summed E-state index contributed by atoms with van der Waals surface area (Å²) in [6, 6.07) is 49.8. The van der Waals surface area contributed by atoms with Crippen molar-refractivity contribution in [3.63, 3.8) is 0 Å². The van der Waals surface area contributed by atoms with E-state index in [1.165, 1.54) is 49.5 Å². The largest absolute Gasteiger partial charge is 0.264 e. The Morgan fingerprint density at radius 2 is 1.17 bits per heavy atom. The second-order valence-corrected chi connectivity index (χ2v) is 12.8. The Balaban J connectivity index is 1.27. The summed E-state index contributed by atoms with van der Waals surface area (Å²) in [7, 11) is 0. The zero-order valence-electron chi connectivity index (χ0n) is 26.3. The summed E-state index contributed by atoms with van der Waals surface area (Å²) in [5.41, 5.74) is 12.6. The Morgan fingerprint density at radius 1 is 0.489 bits per heavy atom. The molecule has 0 amide bonds. The topological polar surface area (TPSA) is 38.7 Å². The van der Waals surface area contributed by atoms with Gasteiger partial charge in [-0.25, -0.2) is 9.97 Å². The molecule has 1 aliphatic carbocycles. The lowest BCUT2D eigenvalue weighted by molar-refractivity contribution is 0.666. The quantitative estimate of drug-likeness (QED) is 0.201. The third-order valence-corrected chi connectivity index (χ3v) is 9.77. The standard InChI is InChI=1S/C44H31N3/c1-44(2)38-20-10-19-36(41(38)37-22-21-28-12-6-7-16-31(28)42(37)44)34-23-24-35(33-18-9-8-17-32(33)34)40-26-39(30-15-11-25-45-27-30)46-43(47-40)29-13-4-3-5-14-29/h3-27H,1-2H3. The molecule has 8 aromatic rings. The van der Waals surface area contributed by atoms with Crippen LogP contribution >= 0.6 is 0 Å². The number of hydrogen-bond donors (Lipinski definition) is 0. The SMILES string of the molecule is CC1(C)c2cccc(-c3ccc(-c4cc(-c5cccnc5)nc(-c5ccccc5)n4)c4ccccc34)c2-c2ccc3ccccc3c21. The maximum absolute atomic E-state index is 5.16. The van der Waals surface area contributed by atoms with Crippen LogP contribution in [0, 0.1) is 0 Å². The highest BCUT2D eigenvalue weighted by Gasteiger charge is 2.38. The molecule has 0 saturated carbocycles. The molecule has 0 spiro atoms. The summed E-state index contributed by atoms with van der Waals surface area (Å²) < 4.78 is 0. The molecule has 2 heterocycles. The van der Waals surface area contributed by atoms with E-state index in [1.54, 1.807) is 6.20 Å². The molecule has 0 N–H and O–H groups in total.